The monoisotopic (exact) mass is 498 g/mol. The highest BCUT2D eigenvalue weighted by atomic mass is 16.2. The van der Waals surface area contributed by atoms with E-state index in [4.69, 9.17) is 11.5 Å². The van der Waals surface area contributed by atoms with Gasteiger partial charge in [0.15, 0.2) is 5.78 Å². The molecule has 0 aliphatic rings. The molecule has 6 N–H and O–H groups in total. The Morgan fingerprint density at radius 1 is 1.03 bits per heavy atom. The van der Waals surface area contributed by atoms with Gasteiger partial charge in [0.05, 0.1) is 6.04 Å². The molecule has 2 amide bonds. The summed E-state index contributed by atoms with van der Waals surface area (Å²) < 4.78 is 0. The fourth-order valence-corrected chi connectivity index (χ4v) is 4.59. The number of unbranched alkanes of at least 4 members (excludes halogenated alkanes) is 1. The number of aromatic amines is 1. The third kappa shape index (κ3) is 8.90. The lowest BCUT2D eigenvalue weighted by atomic mass is 9.88. The van der Waals surface area contributed by atoms with E-state index in [2.05, 4.69) is 10.3 Å². The van der Waals surface area contributed by atoms with Gasteiger partial charge in [-0.25, -0.2) is 0 Å². The lowest BCUT2D eigenvalue weighted by Gasteiger charge is -2.24. The third-order valence-electron chi connectivity index (χ3n) is 6.64. The van der Waals surface area contributed by atoms with Crippen molar-refractivity contribution in [3.8, 4) is 0 Å². The number of primary amides is 1. The van der Waals surface area contributed by atoms with Crippen molar-refractivity contribution in [2.45, 2.75) is 78.2 Å². The first kappa shape index (κ1) is 29.2. The van der Waals surface area contributed by atoms with Crippen molar-refractivity contribution in [3.63, 3.8) is 0 Å². The molecule has 2 aromatic rings. The highest BCUT2D eigenvalue weighted by Crippen LogP contribution is 2.24. The predicted molar refractivity (Wildman–Crippen MR) is 142 cm³/mol. The van der Waals surface area contributed by atoms with Gasteiger partial charge < -0.3 is 21.8 Å². The number of Topliss-reactive ketones (excluding diaryl/α,β-unsaturated/α-hetero) is 2. The van der Waals surface area contributed by atoms with Crippen LogP contribution >= 0.6 is 0 Å². The Kier molecular flexibility index (Phi) is 11.8. The van der Waals surface area contributed by atoms with Gasteiger partial charge in [-0.15, -0.1) is 0 Å². The summed E-state index contributed by atoms with van der Waals surface area (Å²) in [5.74, 6) is -2.02. The zero-order valence-electron chi connectivity index (χ0n) is 21.8. The van der Waals surface area contributed by atoms with Crippen molar-refractivity contribution in [1.29, 1.82) is 0 Å². The second-order valence-corrected chi connectivity index (χ2v) is 10.1. The quantitative estimate of drug-likeness (QED) is 0.247. The van der Waals surface area contributed by atoms with Crippen molar-refractivity contribution in [2.24, 2.45) is 29.2 Å². The van der Waals surface area contributed by atoms with Crippen LogP contribution in [-0.4, -0.2) is 41.0 Å². The fourth-order valence-electron chi connectivity index (χ4n) is 4.59. The normalized spacial score (nSPS) is 13.9. The van der Waals surface area contributed by atoms with E-state index in [0.29, 0.717) is 38.6 Å². The Morgan fingerprint density at radius 2 is 1.75 bits per heavy atom. The van der Waals surface area contributed by atoms with Crippen LogP contribution in [0.1, 0.15) is 71.3 Å². The van der Waals surface area contributed by atoms with Gasteiger partial charge in [0.1, 0.15) is 5.78 Å². The number of H-pyrrole nitrogens is 1. The molecule has 1 heterocycles. The molecule has 1 aromatic carbocycles. The minimum absolute atomic E-state index is 0.00766. The molecule has 0 bridgehead atoms. The van der Waals surface area contributed by atoms with Crippen LogP contribution in [0.15, 0.2) is 30.5 Å². The van der Waals surface area contributed by atoms with Crippen LogP contribution < -0.4 is 16.8 Å². The van der Waals surface area contributed by atoms with E-state index < -0.39 is 23.8 Å². The van der Waals surface area contributed by atoms with Crippen LogP contribution in [0.4, 0.5) is 0 Å². The van der Waals surface area contributed by atoms with Crippen molar-refractivity contribution < 1.29 is 19.2 Å². The molecule has 8 heteroatoms. The first-order chi connectivity index (χ1) is 17.2. The average Bonchev–Trinajstić information content (AvgIpc) is 3.24. The number of amides is 2. The molecule has 0 fully saturated rings. The standard InChI is InChI=1S/C28H42N4O4/c1-4-22(33)15-20(14-21-17-31-24-10-6-5-9-23(21)24)28(36)32-25(11-7-8-12-29)26(34)16-19(27(30)35)13-18(2)3/h5-6,9-10,17-20,25,31H,4,7-8,11-16,29H2,1-3H3,(H2,30,35)(H,32,36)/t19-,20+,25+/m1/s1. The maximum Gasteiger partial charge on any atom is 0.224 e. The molecule has 1 aromatic heterocycles. The maximum absolute atomic E-state index is 13.5. The summed E-state index contributed by atoms with van der Waals surface area (Å²) in [7, 11) is 0. The van der Waals surface area contributed by atoms with Crippen molar-refractivity contribution in [3.05, 3.63) is 36.0 Å². The molecule has 2 rings (SSSR count). The summed E-state index contributed by atoms with van der Waals surface area (Å²) in [6.45, 7) is 6.21. The van der Waals surface area contributed by atoms with E-state index >= 15 is 0 Å². The van der Waals surface area contributed by atoms with Gasteiger partial charge in [-0.2, -0.15) is 0 Å². The molecule has 198 valence electrons. The Hall–Kier alpha value is -3.00. The summed E-state index contributed by atoms with van der Waals surface area (Å²) in [5, 5.41) is 3.93. The lowest BCUT2D eigenvalue weighted by Crippen LogP contribution is -2.45. The number of nitrogens with two attached hydrogens (primary N) is 2. The number of para-hydroxylation sites is 1. The van der Waals surface area contributed by atoms with Crippen LogP contribution in [0.2, 0.25) is 0 Å². The molecule has 0 aliphatic carbocycles. The van der Waals surface area contributed by atoms with Gasteiger partial charge >= 0.3 is 0 Å². The number of aromatic nitrogens is 1. The molecule has 0 saturated carbocycles. The van der Waals surface area contributed by atoms with Crippen molar-refractivity contribution in [2.75, 3.05) is 6.54 Å². The van der Waals surface area contributed by atoms with Gasteiger partial charge in [0, 0.05) is 48.2 Å². The highest BCUT2D eigenvalue weighted by molar-refractivity contribution is 5.94. The zero-order valence-corrected chi connectivity index (χ0v) is 21.8. The molecule has 0 spiro atoms. The van der Waals surface area contributed by atoms with E-state index in [0.717, 1.165) is 22.9 Å². The van der Waals surface area contributed by atoms with Crippen LogP contribution in [0, 0.1) is 17.8 Å². The molecule has 0 unspecified atom stereocenters. The Bertz CT molecular complexity index is 1030. The highest BCUT2D eigenvalue weighted by Gasteiger charge is 2.30. The summed E-state index contributed by atoms with van der Waals surface area (Å²) >= 11 is 0. The second-order valence-electron chi connectivity index (χ2n) is 10.1. The molecule has 0 saturated heterocycles. The summed E-state index contributed by atoms with van der Waals surface area (Å²) in [6.07, 6.45) is 5.00. The van der Waals surface area contributed by atoms with E-state index in [9.17, 15) is 19.2 Å². The van der Waals surface area contributed by atoms with Crippen LogP contribution in [0.5, 0.6) is 0 Å². The number of benzene rings is 1. The minimum Gasteiger partial charge on any atom is -0.369 e. The second kappa shape index (κ2) is 14.5. The maximum atomic E-state index is 13.5. The Labute approximate surface area is 213 Å². The van der Waals surface area contributed by atoms with E-state index in [1.165, 1.54) is 0 Å². The van der Waals surface area contributed by atoms with E-state index in [-0.39, 0.29) is 36.2 Å². The van der Waals surface area contributed by atoms with Crippen molar-refractivity contribution >= 4 is 34.3 Å². The third-order valence-corrected chi connectivity index (χ3v) is 6.64. The molecular weight excluding hydrogens is 456 g/mol. The number of rotatable bonds is 17. The predicted octanol–water partition coefficient (Wildman–Crippen LogP) is 3.42. The van der Waals surface area contributed by atoms with Gasteiger partial charge in [-0.05, 0) is 56.2 Å². The zero-order chi connectivity index (χ0) is 26.7. The van der Waals surface area contributed by atoms with E-state index in [1.807, 2.05) is 44.3 Å². The summed E-state index contributed by atoms with van der Waals surface area (Å²) in [5.41, 5.74) is 13.1. The number of carbonyl (C=O) groups is 4. The fraction of sp³-hybridized carbons (Fsp3) is 0.571. The topological polar surface area (TPSA) is 148 Å². The number of hydrogen-bond donors (Lipinski definition) is 4. The van der Waals surface area contributed by atoms with E-state index in [1.54, 1.807) is 6.92 Å². The van der Waals surface area contributed by atoms with Crippen LogP contribution in [0.25, 0.3) is 10.9 Å². The largest absolute Gasteiger partial charge is 0.369 e. The van der Waals surface area contributed by atoms with Crippen LogP contribution in [-0.2, 0) is 25.6 Å². The SMILES string of the molecule is CCC(=O)C[C@H](Cc1c[nH]c2ccccc12)C(=O)N[C@@H](CCCCN)C(=O)C[C@@H](CC(C)C)C(N)=O. The lowest BCUT2D eigenvalue weighted by molar-refractivity contribution is -0.133. The van der Waals surface area contributed by atoms with Crippen molar-refractivity contribution in [1.82, 2.24) is 10.3 Å². The summed E-state index contributed by atoms with van der Waals surface area (Å²) in [4.78, 5) is 54.2. The first-order valence-electron chi connectivity index (χ1n) is 13.0. The number of ketones is 2. The molecule has 3 atom stereocenters. The van der Waals surface area contributed by atoms with Gasteiger partial charge in [0.2, 0.25) is 11.8 Å². The van der Waals surface area contributed by atoms with Gasteiger partial charge in [0.25, 0.3) is 0 Å². The van der Waals surface area contributed by atoms with Gasteiger partial charge in [-0.1, -0.05) is 39.0 Å². The number of hydrogen-bond acceptors (Lipinski definition) is 5. The average molecular weight is 499 g/mol. The molecule has 0 radical (unpaired) electrons. The molecule has 36 heavy (non-hydrogen) atoms. The van der Waals surface area contributed by atoms with Gasteiger partial charge in [-0.3, -0.25) is 19.2 Å². The molecular formula is C28H42N4O4. The first-order valence-corrected chi connectivity index (χ1v) is 13.0. The minimum atomic E-state index is -0.750. The van der Waals surface area contributed by atoms with Crippen LogP contribution in [0.3, 0.4) is 0 Å². The summed E-state index contributed by atoms with van der Waals surface area (Å²) in [6, 6.07) is 7.06. The number of nitrogens with one attached hydrogen (secondary N) is 2. The smallest absolute Gasteiger partial charge is 0.224 e. The Balaban J connectivity index is 2.22. The number of fused-ring (bicyclic) bond motifs is 1. The number of carbonyl (C=O) groups excluding carboxylic acids is 4. The Morgan fingerprint density at radius 3 is 2.39 bits per heavy atom. The molecule has 8 nitrogen and oxygen atoms in total. The molecule has 0 aliphatic heterocycles.